The molecule has 0 spiro atoms. The number of rotatable bonds is 6. The van der Waals surface area contributed by atoms with E-state index < -0.39 is 0 Å². The molecule has 0 amide bonds. The van der Waals surface area contributed by atoms with E-state index in [2.05, 4.69) is 0 Å². The lowest BCUT2D eigenvalue weighted by atomic mass is 10.1. The number of carbonyl (C=O) groups is 2. The molecule has 0 saturated heterocycles. The molecule has 0 radical (unpaired) electrons. The summed E-state index contributed by atoms with van der Waals surface area (Å²) in [5.74, 6) is -0.941. The van der Waals surface area contributed by atoms with Gasteiger partial charge in [0.1, 0.15) is 0 Å². The van der Waals surface area contributed by atoms with Crippen molar-refractivity contribution in [2.45, 2.75) is 40.5 Å². The molecule has 0 aromatic rings. The van der Waals surface area contributed by atoms with E-state index >= 15 is 0 Å². The number of carbonyl (C=O) groups excluding carboxylic acids is 2. The molecule has 0 aromatic carbocycles. The third-order valence-corrected chi connectivity index (χ3v) is 2.43. The number of hydrogen-bond donors (Lipinski definition) is 0. The first-order chi connectivity index (χ1) is 7.02. The molecule has 4 heteroatoms. The lowest BCUT2D eigenvalue weighted by Crippen LogP contribution is -2.20. The van der Waals surface area contributed by atoms with E-state index in [9.17, 15) is 9.59 Å². The van der Waals surface area contributed by atoms with Crippen LogP contribution in [0.3, 0.4) is 0 Å². The van der Waals surface area contributed by atoms with Gasteiger partial charge in [0.05, 0.1) is 11.8 Å². The Bertz CT molecular complexity index is 191. The van der Waals surface area contributed by atoms with Crippen molar-refractivity contribution < 1.29 is 19.1 Å². The van der Waals surface area contributed by atoms with Crippen LogP contribution in [0, 0.1) is 11.8 Å². The van der Waals surface area contributed by atoms with Gasteiger partial charge < -0.3 is 9.47 Å². The predicted molar refractivity (Wildman–Crippen MR) is 56.0 cm³/mol. The Kier molecular flexibility index (Phi) is 6.75. The normalized spacial score (nSPS) is 14.1. The van der Waals surface area contributed by atoms with Crippen molar-refractivity contribution in [3.8, 4) is 0 Å². The molecule has 0 N–H and O–H groups in total. The van der Waals surface area contributed by atoms with Crippen LogP contribution in [0.1, 0.15) is 40.5 Å². The lowest BCUT2D eigenvalue weighted by molar-refractivity contribution is -0.172. The van der Waals surface area contributed by atoms with Gasteiger partial charge in [-0.2, -0.15) is 0 Å². The molecule has 0 aromatic heterocycles. The average molecular weight is 216 g/mol. The van der Waals surface area contributed by atoms with Gasteiger partial charge in [-0.15, -0.1) is 0 Å². The van der Waals surface area contributed by atoms with Crippen LogP contribution in [0.2, 0.25) is 0 Å². The molecule has 0 fully saturated rings. The fourth-order valence-corrected chi connectivity index (χ4v) is 0.763. The molecule has 15 heavy (non-hydrogen) atoms. The summed E-state index contributed by atoms with van der Waals surface area (Å²) in [7, 11) is 0. The molecule has 88 valence electrons. The first kappa shape index (κ1) is 13.9. The second-order valence-electron chi connectivity index (χ2n) is 3.66. The van der Waals surface area contributed by atoms with Gasteiger partial charge in [-0.05, 0) is 12.8 Å². The van der Waals surface area contributed by atoms with Crippen LogP contribution >= 0.6 is 0 Å². The van der Waals surface area contributed by atoms with Crippen molar-refractivity contribution in [2.24, 2.45) is 11.8 Å². The summed E-state index contributed by atoms with van der Waals surface area (Å²) in [6, 6.07) is 0. The van der Waals surface area contributed by atoms with E-state index in [1.807, 2.05) is 13.8 Å². The van der Waals surface area contributed by atoms with E-state index in [0.717, 1.165) is 12.8 Å². The van der Waals surface area contributed by atoms with E-state index in [0.29, 0.717) is 0 Å². The third kappa shape index (κ3) is 5.40. The Labute approximate surface area is 90.9 Å². The predicted octanol–water partition coefficient (Wildman–Crippen LogP) is 2.12. The van der Waals surface area contributed by atoms with Gasteiger partial charge in [-0.3, -0.25) is 9.59 Å². The monoisotopic (exact) mass is 216 g/mol. The molecule has 0 aliphatic carbocycles. The van der Waals surface area contributed by atoms with E-state index in [1.165, 1.54) is 0 Å². The van der Waals surface area contributed by atoms with Crippen molar-refractivity contribution in [3.05, 3.63) is 0 Å². The second kappa shape index (κ2) is 7.26. The maximum absolute atomic E-state index is 11.2. The van der Waals surface area contributed by atoms with Crippen LogP contribution < -0.4 is 0 Å². The highest BCUT2D eigenvalue weighted by Gasteiger charge is 2.15. The van der Waals surface area contributed by atoms with Gasteiger partial charge in [0.25, 0.3) is 0 Å². The highest BCUT2D eigenvalue weighted by molar-refractivity contribution is 5.73. The van der Waals surface area contributed by atoms with Crippen molar-refractivity contribution in [2.75, 3.05) is 6.79 Å². The maximum atomic E-state index is 11.2. The summed E-state index contributed by atoms with van der Waals surface area (Å²) >= 11 is 0. The molecule has 0 aliphatic heterocycles. The van der Waals surface area contributed by atoms with Crippen LogP contribution in [-0.2, 0) is 19.1 Å². The van der Waals surface area contributed by atoms with E-state index in [-0.39, 0.29) is 30.6 Å². The van der Waals surface area contributed by atoms with E-state index in [1.54, 1.807) is 13.8 Å². The quantitative estimate of drug-likeness (QED) is 0.504. The first-order valence-electron chi connectivity index (χ1n) is 5.36. The standard InChI is InChI=1S/C11H20O4/c1-5-8(3)10(12)14-7-15-11(13)9(4)6-2/h8-9H,5-7H2,1-4H3. The van der Waals surface area contributed by atoms with Crippen molar-refractivity contribution >= 4 is 11.9 Å². The van der Waals surface area contributed by atoms with Gasteiger partial charge in [-0.25, -0.2) is 0 Å². The molecule has 2 atom stereocenters. The SMILES string of the molecule is CCC(C)C(=O)OCOC(=O)C(C)CC. The maximum Gasteiger partial charge on any atom is 0.311 e. The molecule has 4 nitrogen and oxygen atoms in total. The zero-order valence-corrected chi connectivity index (χ0v) is 9.91. The van der Waals surface area contributed by atoms with Crippen molar-refractivity contribution in [1.82, 2.24) is 0 Å². The zero-order valence-electron chi connectivity index (χ0n) is 9.91. The van der Waals surface area contributed by atoms with Gasteiger partial charge in [0.2, 0.25) is 6.79 Å². The minimum Gasteiger partial charge on any atom is -0.428 e. The number of hydrogen-bond acceptors (Lipinski definition) is 4. The zero-order chi connectivity index (χ0) is 11.8. The van der Waals surface area contributed by atoms with Gasteiger partial charge in [0, 0.05) is 0 Å². The summed E-state index contributed by atoms with van der Waals surface area (Å²) in [5, 5.41) is 0. The number of esters is 2. The summed E-state index contributed by atoms with van der Waals surface area (Å²) in [6.07, 6.45) is 1.44. The highest BCUT2D eigenvalue weighted by atomic mass is 16.7. The molecular formula is C11H20O4. The minimum atomic E-state index is -0.325. The van der Waals surface area contributed by atoms with Gasteiger partial charge >= 0.3 is 11.9 Å². The molecule has 0 rings (SSSR count). The van der Waals surface area contributed by atoms with Crippen LogP contribution in [-0.4, -0.2) is 18.7 Å². The van der Waals surface area contributed by atoms with Crippen molar-refractivity contribution in [1.29, 1.82) is 0 Å². The molecule has 0 heterocycles. The fraction of sp³-hybridized carbons (Fsp3) is 0.818. The highest BCUT2D eigenvalue weighted by Crippen LogP contribution is 2.05. The second-order valence-corrected chi connectivity index (χ2v) is 3.66. The Hall–Kier alpha value is -1.06. The van der Waals surface area contributed by atoms with Gasteiger partial charge in [0.15, 0.2) is 0 Å². The topological polar surface area (TPSA) is 52.6 Å². The Morgan fingerprint density at radius 3 is 1.53 bits per heavy atom. The average Bonchev–Trinajstić information content (AvgIpc) is 2.26. The summed E-state index contributed by atoms with van der Waals surface area (Å²) in [6.45, 7) is 7.08. The van der Waals surface area contributed by atoms with Crippen LogP contribution in [0.25, 0.3) is 0 Å². The summed E-state index contributed by atoms with van der Waals surface area (Å²) in [5.41, 5.74) is 0. The molecule has 0 aliphatic rings. The molecule has 0 saturated carbocycles. The van der Waals surface area contributed by atoms with Gasteiger partial charge in [-0.1, -0.05) is 27.7 Å². The van der Waals surface area contributed by atoms with E-state index in [4.69, 9.17) is 9.47 Å². The fourth-order valence-electron chi connectivity index (χ4n) is 0.763. The summed E-state index contributed by atoms with van der Waals surface area (Å²) in [4.78, 5) is 22.4. The summed E-state index contributed by atoms with van der Waals surface area (Å²) < 4.78 is 9.56. The third-order valence-electron chi connectivity index (χ3n) is 2.43. The first-order valence-corrected chi connectivity index (χ1v) is 5.36. The molecule has 0 bridgehead atoms. The Morgan fingerprint density at radius 2 is 1.27 bits per heavy atom. The van der Waals surface area contributed by atoms with Crippen LogP contribution in [0.15, 0.2) is 0 Å². The van der Waals surface area contributed by atoms with Crippen LogP contribution in [0.4, 0.5) is 0 Å². The molecule has 2 unspecified atom stereocenters. The largest absolute Gasteiger partial charge is 0.428 e. The van der Waals surface area contributed by atoms with Crippen molar-refractivity contribution in [3.63, 3.8) is 0 Å². The smallest absolute Gasteiger partial charge is 0.311 e. The Balaban J connectivity index is 3.70. The molecular weight excluding hydrogens is 196 g/mol. The Morgan fingerprint density at radius 1 is 0.933 bits per heavy atom. The lowest BCUT2D eigenvalue weighted by Gasteiger charge is -2.11. The minimum absolute atomic E-state index is 0.146. The number of ether oxygens (including phenoxy) is 2. The van der Waals surface area contributed by atoms with Crippen LogP contribution in [0.5, 0.6) is 0 Å².